The van der Waals surface area contributed by atoms with Gasteiger partial charge in [-0.25, -0.2) is 0 Å². The van der Waals surface area contributed by atoms with E-state index in [4.69, 9.17) is 20.2 Å². The Kier molecular flexibility index (Phi) is 41.0. The molecule has 0 aromatic heterocycles. The fraction of sp³-hybridized carbons (Fsp3) is 0. The van der Waals surface area contributed by atoms with Crippen molar-refractivity contribution >= 4 is 0 Å². The number of hydrogen-bond acceptors (Lipinski definition) is 6. The first-order valence-corrected chi connectivity index (χ1v) is 7.72. The van der Waals surface area contributed by atoms with Gasteiger partial charge in [0.1, 0.15) is 0 Å². The van der Waals surface area contributed by atoms with Crippen LogP contribution in [0.3, 0.4) is 0 Å². The molecule has 0 atom stereocenters. The predicted molar refractivity (Wildman–Crippen MR) is 2.75 cm³/mol. The summed E-state index contributed by atoms with van der Waals surface area (Å²) in [5.41, 5.74) is 0. The van der Waals surface area contributed by atoms with Crippen LogP contribution in [0, 0.1) is 0 Å². The Balaban J connectivity index is -0.0000000300. The van der Waals surface area contributed by atoms with E-state index < -0.39 is 37.6 Å². The molecule has 0 aliphatic carbocycles. The van der Waals surface area contributed by atoms with Crippen molar-refractivity contribution in [3.05, 3.63) is 0 Å². The molecule has 0 N–H and O–H groups in total. The fourth-order valence-electron chi connectivity index (χ4n) is 0. The van der Waals surface area contributed by atoms with Gasteiger partial charge in [-0.1, -0.05) is 0 Å². The fourth-order valence-corrected chi connectivity index (χ4v) is 0. The Morgan fingerprint density at radius 3 is 1.20 bits per heavy atom. The molecule has 0 bridgehead atoms. The van der Waals surface area contributed by atoms with Crippen LogP contribution in [0.1, 0.15) is 0 Å². The van der Waals surface area contributed by atoms with Crippen molar-refractivity contribution in [3.63, 3.8) is 0 Å². The molecule has 0 aromatic rings. The van der Waals surface area contributed by atoms with Crippen molar-refractivity contribution in [1.29, 1.82) is 0 Å². The van der Waals surface area contributed by atoms with Crippen LogP contribution in [-0.2, 0) is 50.6 Å². The molecule has 0 radical (unpaired) electrons. The molecule has 10 heteroatoms. The zero-order valence-electron chi connectivity index (χ0n) is 5.34. The standard InChI is InChI=1S/K.Li.Nb.6O.Ta/q2*+1;;;;;;2*-1;. The first-order chi connectivity index (χ1) is 3.46. The van der Waals surface area contributed by atoms with E-state index in [0.29, 0.717) is 0 Å². The van der Waals surface area contributed by atoms with Crippen molar-refractivity contribution in [2.24, 2.45) is 0 Å². The Morgan fingerprint density at radius 2 is 1.20 bits per heavy atom. The van der Waals surface area contributed by atoms with E-state index in [0.717, 1.165) is 0 Å². The summed E-state index contributed by atoms with van der Waals surface area (Å²) >= 11 is -8.54. The minimum atomic E-state index is -4.34. The van der Waals surface area contributed by atoms with Gasteiger partial charge in [-0.2, -0.15) is 0 Å². The molecule has 0 unspecified atom stereocenters. The number of rotatable bonds is 0. The van der Waals surface area contributed by atoms with Gasteiger partial charge in [-0.3, -0.25) is 0 Å². The Hall–Kier alpha value is 2.83. The maximum atomic E-state index is 8.62. The predicted octanol–water partition coefficient (Wildman–Crippen LogP) is -8.85. The van der Waals surface area contributed by atoms with E-state index in [1.54, 1.807) is 0 Å². The molecule has 0 aromatic carbocycles. The molecule has 0 saturated heterocycles. The van der Waals surface area contributed by atoms with Crippen LogP contribution in [0.2, 0.25) is 0 Å². The van der Waals surface area contributed by atoms with Gasteiger partial charge in [0.2, 0.25) is 0 Å². The van der Waals surface area contributed by atoms with E-state index in [9.17, 15) is 0 Å². The maximum absolute atomic E-state index is 8.62. The third-order valence-electron chi connectivity index (χ3n) is 0. The molecule has 0 spiro atoms. The molecule has 0 amide bonds. The average molecular weight is 416 g/mol. The van der Waals surface area contributed by atoms with Gasteiger partial charge >= 0.3 is 128 Å². The monoisotopic (exact) mass is 416 g/mol. The summed E-state index contributed by atoms with van der Waals surface area (Å²) in [7, 11) is 0. The van der Waals surface area contributed by atoms with Crippen LogP contribution in [0.25, 0.3) is 0 Å². The zero-order valence-corrected chi connectivity index (χ0v) is 13.9. The summed E-state index contributed by atoms with van der Waals surface area (Å²) in [5, 5.41) is 0. The molecular weight excluding hydrogens is 416 g/mol. The van der Waals surface area contributed by atoms with E-state index >= 15 is 0 Å². The van der Waals surface area contributed by atoms with Gasteiger partial charge in [0.15, 0.2) is 0 Å². The molecule has 0 rings (SSSR count). The van der Waals surface area contributed by atoms with Crippen LogP contribution in [-0.4, -0.2) is 0 Å². The van der Waals surface area contributed by atoms with Crippen LogP contribution < -0.4 is 77.5 Å². The summed E-state index contributed by atoms with van der Waals surface area (Å²) in [6.07, 6.45) is 0. The molecule has 6 nitrogen and oxygen atoms in total. The Bertz CT molecular complexity index is 135. The summed E-state index contributed by atoms with van der Waals surface area (Å²) in [6, 6.07) is 0. The quantitative estimate of drug-likeness (QED) is 0.363. The molecule has 0 saturated carbocycles. The normalized spacial score (nSPS) is 5.00. The van der Waals surface area contributed by atoms with E-state index in [-0.39, 0.29) is 70.2 Å². The van der Waals surface area contributed by atoms with Crippen LogP contribution in [0.15, 0.2) is 0 Å². The van der Waals surface area contributed by atoms with Crippen LogP contribution in [0.5, 0.6) is 0 Å². The first kappa shape index (κ1) is 23.0. The van der Waals surface area contributed by atoms with Gasteiger partial charge in [0.05, 0.1) is 0 Å². The molecule has 0 aliphatic rings. The van der Waals surface area contributed by atoms with Gasteiger partial charge in [0.25, 0.3) is 0 Å². The minimum absolute atomic E-state index is 0. The summed E-state index contributed by atoms with van der Waals surface area (Å²) in [6.45, 7) is 0. The summed E-state index contributed by atoms with van der Waals surface area (Å²) in [4.78, 5) is 0. The molecule has 0 fully saturated rings. The molecule has 0 aliphatic heterocycles. The molecule has 10 heavy (non-hydrogen) atoms. The average Bonchev–Trinajstić information content (AvgIpc) is 1.25. The molecule has 0 heterocycles. The van der Waals surface area contributed by atoms with Crippen molar-refractivity contribution < 1.29 is 128 Å². The molecule has 48 valence electrons. The van der Waals surface area contributed by atoms with E-state index in [1.165, 1.54) is 0 Å². The second-order valence-corrected chi connectivity index (χ2v) is 3.15. The topological polar surface area (TPSA) is 114 Å². The van der Waals surface area contributed by atoms with E-state index in [1.807, 2.05) is 0 Å². The second kappa shape index (κ2) is 17.8. The second-order valence-electron chi connectivity index (χ2n) is 0.447. The zero-order chi connectivity index (χ0) is 7.15. The van der Waals surface area contributed by atoms with Gasteiger partial charge < -0.3 is 0 Å². The first-order valence-electron chi connectivity index (χ1n) is 1.10. The van der Waals surface area contributed by atoms with Crippen molar-refractivity contribution in [2.75, 3.05) is 0 Å². The van der Waals surface area contributed by atoms with Crippen molar-refractivity contribution in [2.45, 2.75) is 0 Å². The third-order valence-corrected chi connectivity index (χ3v) is 0. The Morgan fingerprint density at radius 1 is 1.20 bits per heavy atom. The van der Waals surface area contributed by atoms with Gasteiger partial charge in [-0.05, 0) is 0 Å². The molecular formula is KLiNbO6Ta. The van der Waals surface area contributed by atoms with Crippen molar-refractivity contribution in [1.82, 2.24) is 0 Å². The summed E-state index contributed by atoms with van der Waals surface area (Å²) in [5.74, 6) is 0. The Labute approximate surface area is 125 Å². The number of hydrogen-bond donors (Lipinski definition) is 0. The van der Waals surface area contributed by atoms with Crippen molar-refractivity contribution in [3.8, 4) is 0 Å². The van der Waals surface area contributed by atoms with Crippen LogP contribution in [0.4, 0.5) is 0 Å². The van der Waals surface area contributed by atoms with Gasteiger partial charge in [-0.15, -0.1) is 0 Å². The van der Waals surface area contributed by atoms with Gasteiger partial charge in [0, 0.05) is 0 Å². The van der Waals surface area contributed by atoms with Crippen LogP contribution >= 0.6 is 0 Å². The van der Waals surface area contributed by atoms with E-state index in [2.05, 4.69) is 0 Å². The summed E-state index contributed by atoms with van der Waals surface area (Å²) < 4.78 is 51.7. The SMILES string of the molecule is [K+].[Li+].[O]=[Nb](=[O])[O-].[O]=[Ta](=[O])[O-]. The third kappa shape index (κ3) is 130.